The fraction of sp³-hybridized carbons (Fsp3) is 0.933. The number of likely N-dealkylation sites (N-methyl/N-ethyl adjacent to an activating group) is 1. The van der Waals surface area contributed by atoms with Crippen LogP contribution in [0.1, 0.15) is 39.5 Å². The van der Waals surface area contributed by atoms with Crippen molar-refractivity contribution in [1.29, 1.82) is 0 Å². The van der Waals surface area contributed by atoms with Gasteiger partial charge in [-0.25, -0.2) is 0 Å². The Morgan fingerprint density at radius 3 is 2.62 bits per heavy atom. The molecule has 6 heteroatoms. The molecule has 6 nitrogen and oxygen atoms in total. The number of hydrogen-bond acceptors (Lipinski definition) is 5. The van der Waals surface area contributed by atoms with Gasteiger partial charge in [-0.1, -0.05) is 20.3 Å². The van der Waals surface area contributed by atoms with Crippen molar-refractivity contribution in [2.75, 3.05) is 13.7 Å². The number of hydrogen-bond donors (Lipinski definition) is 4. The second-order valence-electron chi connectivity index (χ2n) is 6.23. The number of rotatable bonds is 9. The predicted octanol–water partition coefficient (Wildman–Crippen LogP) is -0.0207. The lowest BCUT2D eigenvalue weighted by atomic mass is 9.85. The SMILES string of the molecule is CCCC(CC(N)C(NC)C(N)=O)C1CC(C)C(CO)O1. The maximum atomic E-state index is 11.4. The molecule has 0 aliphatic carbocycles. The fourth-order valence-electron chi connectivity index (χ4n) is 3.34. The van der Waals surface area contributed by atoms with E-state index in [1.807, 2.05) is 0 Å². The van der Waals surface area contributed by atoms with Crippen molar-refractivity contribution in [2.45, 2.75) is 63.8 Å². The van der Waals surface area contributed by atoms with Gasteiger partial charge in [-0.15, -0.1) is 0 Å². The van der Waals surface area contributed by atoms with Crippen LogP contribution in [0.3, 0.4) is 0 Å². The van der Waals surface area contributed by atoms with Crippen molar-refractivity contribution in [3.8, 4) is 0 Å². The van der Waals surface area contributed by atoms with Gasteiger partial charge in [0, 0.05) is 6.04 Å². The van der Waals surface area contributed by atoms with Gasteiger partial charge >= 0.3 is 0 Å². The number of aliphatic hydroxyl groups excluding tert-OH is 1. The van der Waals surface area contributed by atoms with Crippen LogP contribution in [0.5, 0.6) is 0 Å². The summed E-state index contributed by atoms with van der Waals surface area (Å²) in [6, 6.07) is -0.840. The third-order valence-corrected chi connectivity index (χ3v) is 4.57. The van der Waals surface area contributed by atoms with Crippen molar-refractivity contribution >= 4 is 5.91 Å². The minimum atomic E-state index is -0.517. The molecule has 6 unspecified atom stereocenters. The summed E-state index contributed by atoms with van der Waals surface area (Å²) in [5.74, 6) is 0.222. The molecule has 1 aliphatic heterocycles. The zero-order chi connectivity index (χ0) is 16.0. The van der Waals surface area contributed by atoms with Crippen molar-refractivity contribution in [1.82, 2.24) is 5.32 Å². The van der Waals surface area contributed by atoms with Gasteiger partial charge in [0.25, 0.3) is 0 Å². The number of carbonyl (C=O) groups excluding carboxylic acids is 1. The molecule has 21 heavy (non-hydrogen) atoms. The maximum Gasteiger partial charge on any atom is 0.236 e. The average molecular weight is 301 g/mol. The highest BCUT2D eigenvalue weighted by Gasteiger charge is 2.37. The number of primary amides is 1. The molecule has 0 aromatic carbocycles. The van der Waals surface area contributed by atoms with Gasteiger partial charge in [0.15, 0.2) is 0 Å². The summed E-state index contributed by atoms with van der Waals surface area (Å²) in [6.07, 6.45) is 3.69. The zero-order valence-corrected chi connectivity index (χ0v) is 13.4. The zero-order valence-electron chi connectivity index (χ0n) is 13.4. The molecule has 0 spiro atoms. The van der Waals surface area contributed by atoms with E-state index < -0.39 is 11.9 Å². The number of amides is 1. The number of ether oxygens (including phenoxy) is 1. The Kier molecular flexibility index (Phi) is 7.59. The summed E-state index contributed by atoms with van der Waals surface area (Å²) in [5, 5.41) is 12.2. The Bertz CT molecular complexity index is 327. The molecular formula is C15H31N3O3. The Morgan fingerprint density at radius 1 is 1.52 bits per heavy atom. The van der Waals surface area contributed by atoms with E-state index in [4.69, 9.17) is 16.2 Å². The molecule has 0 radical (unpaired) electrons. The van der Waals surface area contributed by atoms with Crippen LogP contribution in [0.4, 0.5) is 0 Å². The first kappa shape index (κ1) is 18.4. The maximum absolute atomic E-state index is 11.4. The monoisotopic (exact) mass is 301 g/mol. The third kappa shape index (κ3) is 4.92. The van der Waals surface area contributed by atoms with Gasteiger partial charge in [0.1, 0.15) is 6.04 Å². The van der Waals surface area contributed by atoms with Crippen molar-refractivity contribution in [3.05, 3.63) is 0 Å². The predicted molar refractivity (Wildman–Crippen MR) is 82.6 cm³/mol. The van der Waals surface area contributed by atoms with Crippen LogP contribution in [-0.4, -0.2) is 49.0 Å². The molecule has 1 rings (SSSR count). The number of carbonyl (C=O) groups is 1. The van der Waals surface area contributed by atoms with E-state index >= 15 is 0 Å². The number of nitrogens with two attached hydrogens (primary N) is 2. The molecule has 1 amide bonds. The van der Waals surface area contributed by atoms with E-state index in [1.165, 1.54) is 0 Å². The molecule has 0 bridgehead atoms. The van der Waals surface area contributed by atoms with Gasteiger partial charge in [0.05, 0.1) is 18.8 Å². The van der Waals surface area contributed by atoms with E-state index in [-0.39, 0.29) is 24.9 Å². The second kappa shape index (κ2) is 8.68. The van der Waals surface area contributed by atoms with E-state index in [9.17, 15) is 9.90 Å². The van der Waals surface area contributed by atoms with Crippen LogP contribution in [0, 0.1) is 11.8 Å². The molecular weight excluding hydrogens is 270 g/mol. The van der Waals surface area contributed by atoms with Crippen molar-refractivity contribution in [2.24, 2.45) is 23.3 Å². The molecule has 0 saturated carbocycles. The van der Waals surface area contributed by atoms with Crippen LogP contribution < -0.4 is 16.8 Å². The lowest BCUT2D eigenvalue weighted by Gasteiger charge is -2.29. The van der Waals surface area contributed by atoms with Gasteiger partial charge in [-0.3, -0.25) is 4.79 Å². The number of nitrogens with one attached hydrogen (secondary N) is 1. The van der Waals surface area contributed by atoms with Crippen LogP contribution in [0.25, 0.3) is 0 Å². The molecule has 1 aliphatic rings. The summed E-state index contributed by atoms with van der Waals surface area (Å²) in [7, 11) is 1.69. The third-order valence-electron chi connectivity index (χ3n) is 4.57. The van der Waals surface area contributed by atoms with Crippen LogP contribution in [-0.2, 0) is 9.53 Å². The molecule has 1 heterocycles. The van der Waals surface area contributed by atoms with Crippen LogP contribution in [0.2, 0.25) is 0 Å². The highest BCUT2D eigenvalue weighted by Crippen LogP contribution is 2.34. The summed E-state index contributed by atoms with van der Waals surface area (Å²) < 4.78 is 5.97. The minimum Gasteiger partial charge on any atom is -0.394 e. The normalized spacial score (nSPS) is 30.0. The van der Waals surface area contributed by atoms with E-state index in [0.717, 1.165) is 19.3 Å². The Hall–Kier alpha value is -0.690. The number of aliphatic hydroxyl groups is 1. The molecule has 6 atom stereocenters. The van der Waals surface area contributed by atoms with E-state index in [0.29, 0.717) is 18.3 Å². The van der Waals surface area contributed by atoms with Crippen LogP contribution in [0.15, 0.2) is 0 Å². The summed E-state index contributed by atoms with van der Waals surface area (Å²) >= 11 is 0. The average Bonchev–Trinajstić information content (AvgIpc) is 2.79. The van der Waals surface area contributed by atoms with Gasteiger partial charge in [0.2, 0.25) is 5.91 Å². The topological polar surface area (TPSA) is 111 Å². The van der Waals surface area contributed by atoms with Crippen LogP contribution >= 0.6 is 0 Å². The first-order valence-electron chi connectivity index (χ1n) is 7.93. The smallest absolute Gasteiger partial charge is 0.236 e. The first-order chi connectivity index (χ1) is 9.94. The van der Waals surface area contributed by atoms with E-state index in [2.05, 4.69) is 19.2 Å². The van der Waals surface area contributed by atoms with Gasteiger partial charge in [-0.2, -0.15) is 0 Å². The second-order valence-corrected chi connectivity index (χ2v) is 6.23. The standard InChI is InChI=1S/C15H31N3O3/c1-4-5-10(7-11(16)14(18-3)15(17)20)12-6-9(2)13(8-19)21-12/h9-14,18-19H,4-8,16H2,1-3H3,(H2,17,20). The molecule has 0 aromatic rings. The summed E-state index contributed by atoms with van der Waals surface area (Å²) in [4.78, 5) is 11.4. The summed E-state index contributed by atoms with van der Waals surface area (Å²) in [5.41, 5.74) is 11.5. The van der Waals surface area contributed by atoms with Gasteiger partial charge in [-0.05, 0) is 38.1 Å². The first-order valence-corrected chi connectivity index (χ1v) is 7.93. The van der Waals surface area contributed by atoms with Gasteiger partial charge < -0.3 is 26.6 Å². The molecule has 6 N–H and O–H groups in total. The van der Waals surface area contributed by atoms with E-state index in [1.54, 1.807) is 7.05 Å². The summed E-state index contributed by atoms with van der Waals surface area (Å²) in [6.45, 7) is 4.29. The Labute approximate surface area is 127 Å². The quantitative estimate of drug-likeness (QED) is 0.478. The van der Waals surface area contributed by atoms with Crippen molar-refractivity contribution in [3.63, 3.8) is 0 Å². The van der Waals surface area contributed by atoms with Crippen molar-refractivity contribution < 1.29 is 14.6 Å². The minimum absolute atomic E-state index is 0.0585. The highest BCUT2D eigenvalue weighted by molar-refractivity contribution is 5.80. The molecule has 1 saturated heterocycles. The lowest BCUT2D eigenvalue weighted by Crippen LogP contribution is -2.53. The largest absolute Gasteiger partial charge is 0.394 e. The molecule has 124 valence electrons. The molecule has 0 aromatic heterocycles. The Morgan fingerprint density at radius 2 is 2.19 bits per heavy atom. The Balaban J connectivity index is 2.67. The lowest BCUT2D eigenvalue weighted by molar-refractivity contribution is -0.120. The molecule has 1 fully saturated rings. The fourth-order valence-corrected chi connectivity index (χ4v) is 3.34. The highest BCUT2D eigenvalue weighted by atomic mass is 16.5.